The van der Waals surface area contributed by atoms with Gasteiger partial charge in [-0.2, -0.15) is 0 Å². The maximum absolute atomic E-state index is 11.5. The van der Waals surface area contributed by atoms with Crippen molar-refractivity contribution in [2.45, 2.75) is 11.8 Å². The largest absolute Gasteiger partial charge is 0.283 e. The number of anilines is 1. The van der Waals surface area contributed by atoms with Gasteiger partial charge in [0.1, 0.15) is 0 Å². The predicted molar refractivity (Wildman–Crippen MR) is 65.9 cm³/mol. The van der Waals surface area contributed by atoms with Crippen LogP contribution < -0.4 is 9.44 Å². The Balaban J connectivity index is 3.30. The first-order valence-electron chi connectivity index (χ1n) is 4.68. The maximum atomic E-state index is 11.5. The van der Waals surface area contributed by atoms with Crippen molar-refractivity contribution < 1.29 is 16.8 Å². The summed E-state index contributed by atoms with van der Waals surface area (Å²) in [4.78, 5) is 0.0109. The molecule has 0 amide bonds. The van der Waals surface area contributed by atoms with Crippen LogP contribution in [0.15, 0.2) is 23.1 Å². The molecule has 0 aliphatic heterocycles. The summed E-state index contributed by atoms with van der Waals surface area (Å²) in [7, 11) is -5.72. The van der Waals surface area contributed by atoms with E-state index in [1.807, 2.05) is 0 Å². The van der Waals surface area contributed by atoms with E-state index in [0.717, 1.165) is 6.26 Å². The summed E-state index contributed by atoms with van der Waals surface area (Å²) in [6, 6.07) is 4.23. The molecule has 0 saturated carbocycles. The molecule has 6 nitrogen and oxygen atoms in total. The Bertz CT molecular complexity index is 620. The van der Waals surface area contributed by atoms with Crippen LogP contribution in [0.5, 0.6) is 0 Å². The highest BCUT2D eigenvalue weighted by atomic mass is 32.2. The van der Waals surface area contributed by atoms with E-state index in [1.165, 1.54) is 25.2 Å². The first-order valence-corrected chi connectivity index (χ1v) is 8.05. The molecule has 96 valence electrons. The molecule has 0 aromatic heterocycles. The van der Waals surface area contributed by atoms with Crippen LogP contribution in [0.4, 0.5) is 5.69 Å². The minimum absolute atomic E-state index is 0.0109. The third-order valence-electron chi connectivity index (χ3n) is 2.08. The number of hydrogen-bond donors (Lipinski definition) is 2. The average molecular weight is 278 g/mol. The van der Waals surface area contributed by atoms with E-state index in [2.05, 4.69) is 9.44 Å². The fourth-order valence-corrected chi connectivity index (χ4v) is 2.57. The first kappa shape index (κ1) is 13.9. The molecule has 0 unspecified atom stereocenters. The lowest BCUT2D eigenvalue weighted by Crippen LogP contribution is -2.19. The van der Waals surface area contributed by atoms with E-state index in [4.69, 9.17) is 0 Å². The van der Waals surface area contributed by atoms with E-state index in [0.29, 0.717) is 5.56 Å². The van der Waals surface area contributed by atoms with Gasteiger partial charge in [-0.05, 0) is 31.7 Å². The molecule has 17 heavy (non-hydrogen) atoms. The molecule has 0 spiro atoms. The summed E-state index contributed by atoms with van der Waals surface area (Å²) in [6.45, 7) is 1.68. The predicted octanol–water partition coefficient (Wildman–Crippen LogP) is 0.275. The first-order chi connectivity index (χ1) is 7.65. The van der Waals surface area contributed by atoms with Crippen molar-refractivity contribution in [2.24, 2.45) is 0 Å². The van der Waals surface area contributed by atoms with Crippen LogP contribution in [-0.4, -0.2) is 30.1 Å². The van der Waals surface area contributed by atoms with Crippen molar-refractivity contribution >= 4 is 25.7 Å². The summed E-state index contributed by atoms with van der Waals surface area (Å²) < 4.78 is 49.7. The smallest absolute Gasteiger partial charge is 0.240 e. The Morgan fingerprint density at radius 3 is 2.18 bits per heavy atom. The summed E-state index contributed by atoms with van der Waals surface area (Å²) in [5.41, 5.74) is 0.898. The van der Waals surface area contributed by atoms with Crippen molar-refractivity contribution in [3.05, 3.63) is 23.8 Å². The maximum Gasteiger partial charge on any atom is 0.240 e. The normalized spacial score (nSPS) is 12.4. The molecule has 0 bridgehead atoms. The summed E-state index contributed by atoms with van der Waals surface area (Å²) >= 11 is 0. The highest BCUT2D eigenvalue weighted by Crippen LogP contribution is 2.20. The number of sulfonamides is 2. The lowest BCUT2D eigenvalue weighted by Gasteiger charge is -2.10. The molecular formula is C9H14N2O4S2. The van der Waals surface area contributed by atoms with Gasteiger partial charge in [0, 0.05) is 0 Å². The summed E-state index contributed by atoms with van der Waals surface area (Å²) in [5, 5.41) is 0. The zero-order valence-electron chi connectivity index (χ0n) is 9.68. The van der Waals surface area contributed by atoms with Gasteiger partial charge in [0.2, 0.25) is 20.0 Å². The van der Waals surface area contributed by atoms with Gasteiger partial charge in [0.15, 0.2) is 0 Å². The van der Waals surface area contributed by atoms with E-state index in [1.54, 1.807) is 6.92 Å². The lowest BCUT2D eigenvalue weighted by molar-refractivity contribution is 0.588. The van der Waals surface area contributed by atoms with Gasteiger partial charge in [0.25, 0.3) is 0 Å². The molecule has 0 atom stereocenters. The zero-order chi connectivity index (χ0) is 13.3. The van der Waals surface area contributed by atoms with Crippen LogP contribution in [-0.2, 0) is 20.0 Å². The van der Waals surface area contributed by atoms with Crippen LogP contribution in [0.2, 0.25) is 0 Å². The Morgan fingerprint density at radius 2 is 1.71 bits per heavy atom. The summed E-state index contributed by atoms with van der Waals surface area (Å²) in [6.07, 6.45) is 1.01. The highest BCUT2D eigenvalue weighted by Gasteiger charge is 2.14. The van der Waals surface area contributed by atoms with Gasteiger partial charge >= 0.3 is 0 Å². The van der Waals surface area contributed by atoms with E-state index in [-0.39, 0.29) is 10.6 Å². The average Bonchev–Trinajstić information content (AvgIpc) is 2.19. The Kier molecular flexibility index (Phi) is 3.80. The molecular weight excluding hydrogens is 264 g/mol. The topological polar surface area (TPSA) is 92.3 Å². The highest BCUT2D eigenvalue weighted by molar-refractivity contribution is 7.92. The molecule has 0 fully saturated rings. The molecule has 0 aliphatic carbocycles. The van der Waals surface area contributed by atoms with Gasteiger partial charge < -0.3 is 0 Å². The van der Waals surface area contributed by atoms with Gasteiger partial charge in [-0.3, -0.25) is 4.72 Å². The minimum Gasteiger partial charge on any atom is -0.283 e. The van der Waals surface area contributed by atoms with Crippen molar-refractivity contribution in [2.75, 3.05) is 18.0 Å². The molecule has 8 heteroatoms. The number of aryl methyl sites for hydroxylation is 1. The quantitative estimate of drug-likeness (QED) is 0.827. The Morgan fingerprint density at radius 1 is 1.12 bits per heavy atom. The van der Waals surface area contributed by atoms with Gasteiger partial charge in [-0.15, -0.1) is 0 Å². The van der Waals surface area contributed by atoms with Crippen molar-refractivity contribution in [1.82, 2.24) is 4.72 Å². The molecule has 0 heterocycles. The molecule has 0 radical (unpaired) electrons. The fourth-order valence-electron chi connectivity index (χ4n) is 1.20. The second-order valence-corrected chi connectivity index (χ2v) is 7.19. The van der Waals surface area contributed by atoms with Crippen LogP contribution in [0.25, 0.3) is 0 Å². The van der Waals surface area contributed by atoms with Gasteiger partial charge in [-0.25, -0.2) is 21.6 Å². The minimum atomic E-state index is -3.58. The number of nitrogens with one attached hydrogen (secondary N) is 2. The fraction of sp³-hybridized carbons (Fsp3) is 0.333. The molecule has 1 aromatic carbocycles. The third-order valence-corrected chi connectivity index (χ3v) is 4.09. The molecule has 1 aromatic rings. The van der Waals surface area contributed by atoms with Crippen molar-refractivity contribution in [3.8, 4) is 0 Å². The molecule has 0 aliphatic rings. The van der Waals surface area contributed by atoms with Crippen LogP contribution in [0.3, 0.4) is 0 Å². The Labute approximate surface area is 101 Å². The zero-order valence-corrected chi connectivity index (χ0v) is 11.3. The van der Waals surface area contributed by atoms with E-state index < -0.39 is 20.0 Å². The third kappa shape index (κ3) is 3.69. The monoisotopic (exact) mass is 278 g/mol. The molecule has 1 rings (SSSR count). The van der Waals surface area contributed by atoms with Crippen molar-refractivity contribution in [1.29, 1.82) is 0 Å². The van der Waals surface area contributed by atoms with Gasteiger partial charge in [-0.1, -0.05) is 6.07 Å². The van der Waals surface area contributed by atoms with E-state index in [9.17, 15) is 16.8 Å². The van der Waals surface area contributed by atoms with Crippen LogP contribution in [0, 0.1) is 6.92 Å². The lowest BCUT2D eigenvalue weighted by atomic mass is 10.2. The summed E-state index contributed by atoms with van der Waals surface area (Å²) in [5.74, 6) is 0. The molecule has 2 N–H and O–H groups in total. The van der Waals surface area contributed by atoms with E-state index >= 15 is 0 Å². The number of hydrogen-bond acceptors (Lipinski definition) is 4. The van der Waals surface area contributed by atoms with Gasteiger partial charge in [0.05, 0.1) is 16.8 Å². The standard InChI is InChI=1S/C9H14N2O4S2/c1-7-4-5-8(17(14,15)10-2)6-9(7)11-16(3,12)13/h4-6,10-11H,1-3H3. The SMILES string of the molecule is CNS(=O)(=O)c1ccc(C)c(NS(C)(=O)=O)c1. The second kappa shape index (κ2) is 4.63. The number of rotatable bonds is 4. The molecule has 0 saturated heterocycles. The van der Waals surface area contributed by atoms with Crippen molar-refractivity contribution in [3.63, 3.8) is 0 Å². The van der Waals surface area contributed by atoms with Crippen LogP contribution in [0.1, 0.15) is 5.56 Å². The number of benzene rings is 1. The second-order valence-electron chi connectivity index (χ2n) is 3.56. The van der Waals surface area contributed by atoms with Crippen LogP contribution >= 0.6 is 0 Å². The Hall–Kier alpha value is -1.12.